The standard InChI is InChI=1S/C14H13BrN2O2/c15-11-5-3-4-10(8-11)9-19-13-7-2-1-6-12(13)14(16)17-18/h1-8,18H,9H2,(H2,16,17). The predicted molar refractivity (Wildman–Crippen MR) is 77.4 cm³/mol. The van der Waals surface area contributed by atoms with Crippen molar-refractivity contribution in [2.45, 2.75) is 6.61 Å². The van der Waals surface area contributed by atoms with Crippen molar-refractivity contribution in [2.24, 2.45) is 10.9 Å². The van der Waals surface area contributed by atoms with Gasteiger partial charge < -0.3 is 15.7 Å². The number of benzene rings is 2. The van der Waals surface area contributed by atoms with Crippen LogP contribution in [0.5, 0.6) is 5.75 Å². The van der Waals surface area contributed by atoms with Crippen molar-refractivity contribution >= 4 is 21.8 Å². The summed E-state index contributed by atoms with van der Waals surface area (Å²) in [7, 11) is 0. The molecule has 0 atom stereocenters. The van der Waals surface area contributed by atoms with Crippen molar-refractivity contribution in [3.8, 4) is 5.75 Å². The van der Waals surface area contributed by atoms with Crippen LogP contribution < -0.4 is 10.5 Å². The summed E-state index contributed by atoms with van der Waals surface area (Å²) in [5, 5.41) is 11.7. The Bertz CT molecular complexity index is 600. The van der Waals surface area contributed by atoms with Gasteiger partial charge in [-0.05, 0) is 29.8 Å². The van der Waals surface area contributed by atoms with Gasteiger partial charge in [-0.25, -0.2) is 0 Å². The summed E-state index contributed by atoms with van der Waals surface area (Å²) in [6.07, 6.45) is 0. The van der Waals surface area contributed by atoms with Crippen LogP contribution in [-0.4, -0.2) is 11.0 Å². The number of ether oxygens (including phenoxy) is 1. The van der Waals surface area contributed by atoms with Crippen molar-refractivity contribution in [3.63, 3.8) is 0 Å². The van der Waals surface area contributed by atoms with E-state index in [0.29, 0.717) is 17.9 Å². The molecule has 0 fully saturated rings. The second-order valence-electron chi connectivity index (χ2n) is 3.90. The van der Waals surface area contributed by atoms with Gasteiger partial charge in [-0.15, -0.1) is 0 Å². The van der Waals surface area contributed by atoms with E-state index >= 15 is 0 Å². The highest BCUT2D eigenvalue weighted by atomic mass is 79.9. The highest BCUT2D eigenvalue weighted by Gasteiger charge is 2.07. The van der Waals surface area contributed by atoms with E-state index in [0.717, 1.165) is 10.0 Å². The summed E-state index contributed by atoms with van der Waals surface area (Å²) in [5.74, 6) is 0.614. The average molecular weight is 321 g/mol. The molecule has 2 rings (SSSR count). The number of hydrogen-bond acceptors (Lipinski definition) is 3. The molecule has 0 unspecified atom stereocenters. The van der Waals surface area contributed by atoms with Crippen LogP contribution in [0.2, 0.25) is 0 Å². The van der Waals surface area contributed by atoms with Gasteiger partial charge in [0.05, 0.1) is 5.56 Å². The molecule has 5 heteroatoms. The zero-order valence-electron chi connectivity index (χ0n) is 10.1. The van der Waals surface area contributed by atoms with E-state index in [1.54, 1.807) is 18.2 Å². The Hall–Kier alpha value is -2.01. The molecule has 0 heterocycles. The van der Waals surface area contributed by atoms with Gasteiger partial charge in [0.2, 0.25) is 0 Å². The van der Waals surface area contributed by atoms with Gasteiger partial charge in [-0.2, -0.15) is 0 Å². The Morgan fingerprint density at radius 1 is 1.21 bits per heavy atom. The normalized spacial score (nSPS) is 11.3. The first-order valence-electron chi connectivity index (χ1n) is 5.65. The van der Waals surface area contributed by atoms with Crippen LogP contribution in [0.3, 0.4) is 0 Å². The third kappa shape index (κ3) is 3.48. The number of oxime groups is 1. The fourth-order valence-electron chi connectivity index (χ4n) is 1.65. The van der Waals surface area contributed by atoms with Crippen molar-refractivity contribution < 1.29 is 9.94 Å². The molecule has 0 aromatic heterocycles. The number of rotatable bonds is 4. The molecule has 4 nitrogen and oxygen atoms in total. The molecular weight excluding hydrogens is 308 g/mol. The molecule has 0 aliphatic rings. The smallest absolute Gasteiger partial charge is 0.173 e. The zero-order chi connectivity index (χ0) is 13.7. The Kier molecular flexibility index (Phi) is 4.41. The Morgan fingerprint density at radius 2 is 2.00 bits per heavy atom. The summed E-state index contributed by atoms with van der Waals surface area (Å²) in [4.78, 5) is 0. The maximum absolute atomic E-state index is 8.74. The minimum absolute atomic E-state index is 0.0323. The van der Waals surface area contributed by atoms with E-state index in [9.17, 15) is 0 Å². The fourth-order valence-corrected chi connectivity index (χ4v) is 2.09. The van der Waals surface area contributed by atoms with Crippen LogP contribution in [0.4, 0.5) is 0 Å². The number of nitrogens with zero attached hydrogens (tertiary/aromatic N) is 1. The Balaban J connectivity index is 2.16. The number of hydrogen-bond donors (Lipinski definition) is 2. The summed E-state index contributed by atoms with van der Waals surface area (Å²) in [6.45, 7) is 0.412. The second-order valence-corrected chi connectivity index (χ2v) is 4.82. The third-order valence-corrected chi connectivity index (χ3v) is 3.05. The molecule has 2 aromatic rings. The summed E-state index contributed by atoms with van der Waals surface area (Å²) >= 11 is 3.41. The average Bonchev–Trinajstić information content (AvgIpc) is 2.45. The number of para-hydroxylation sites is 1. The Morgan fingerprint density at radius 3 is 2.74 bits per heavy atom. The number of nitrogens with two attached hydrogens (primary N) is 1. The first-order chi connectivity index (χ1) is 9.20. The van der Waals surface area contributed by atoms with Gasteiger partial charge in [0.15, 0.2) is 5.84 Å². The molecule has 0 amide bonds. The van der Waals surface area contributed by atoms with Gasteiger partial charge in [-0.1, -0.05) is 45.4 Å². The van der Waals surface area contributed by atoms with E-state index in [1.807, 2.05) is 30.3 Å². The lowest BCUT2D eigenvalue weighted by atomic mass is 10.2. The molecular formula is C14H13BrN2O2. The number of amidine groups is 1. The second kappa shape index (κ2) is 6.24. The number of halogens is 1. The van der Waals surface area contributed by atoms with Crippen molar-refractivity contribution in [1.82, 2.24) is 0 Å². The van der Waals surface area contributed by atoms with Gasteiger partial charge in [0, 0.05) is 4.47 Å². The van der Waals surface area contributed by atoms with E-state index in [2.05, 4.69) is 21.1 Å². The van der Waals surface area contributed by atoms with Crippen molar-refractivity contribution in [2.75, 3.05) is 0 Å². The van der Waals surface area contributed by atoms with Crippen molar-refractivity contribution in [3.05, 3.63) is 64.1 Å². The molecule has 0 saturated heterocycles. The highest BCUT2D eigenvalue weighted by molar-refractivity contribution is 9.10. The van der Waals surface area contributed by atoms with Crippen LogP contribution in [0.25, 0.3) is 0 Å². The lowest BCUT2D eigenvalue weighted by molar-refractivity contribution is 0.303. The molecule has 0 aliphatic carbocycles. The summed E-state index contributed by atoms with van der Waals surface area (Å²) < 4.78 is 6.71. The third-order valence-electron chi connectivity index (χ3n) is 2.55. The molecule has 19 heavy (non-hydrogen) atoms. The van der Waals surface area contributed by atoms with E-state index in [1.165, 1.54) is 0 Å². The first-order valence-corrected chi connectivity index (χ1v) is 6.44. The van der Waals surface area contributed by atoms with Gasteiger partial charge in [0.1, 0.15) is 12.4 Å². The minimum atomic E-state index is 0.0323. The molecule has 0 spiro atoms. The Labute approximate surface area is 119 Å². The van der Waals surface area contributed by atoms with Gasteiger partial charge >= 0.3 is 0 Å². The SMILES string of the molecule is N/C(=N\O)c1ccccc1OCc1cccc(Br)c1. The summed E-state index contributed by atoms with van der Waals surface area (Å²) in [6, 6.07) is 15.0. The first kappa shape index (κ1) is 13.4. The molecule has 3 N–H and O–H groups in total. The maximum Gasteiger partial charge on any atom is 0.173 e. The largest absolute Gasteiger partial charge is 0.488 e. The lowest BCUT2D eigenvalue weighted by Crippen LogP contribution is -2.14. The molecule has 0 radical (unpaired) electrons. The van der Waals surface area contributed by atoms with Crippen LogP contribution >= 0.6 is 15.9 Å². The van der Waals surface area contributed by atoms with Crippen LogP contribution in [0.15, 0.2) is 58.2 Å². The van der Waals surface area contributed by atoms with Gasteiger partial charge in [-0.3, -0.25) is 0 Å². The van der Waals surface area contributed by atoms with Crippen molar-refractivity contribution in [1.29, 1.82) is 0 Å². The summed E-state index contributed by atoms with van der Waals surface area (Å²) in [5.41, 5.74) is 7.20. The van der Waals surface area contributed by atoms with Gasteiger partial charge in [0.25, 0.3) is 0 Å². The van der Waals surface area contributed by atoms with Crippen LogP contribution in [0, 0.1) is 0 Å². The lowest BCUT2D eigenvalue weighted by Gasteiger charge is -2.10. The molecule has 0 saturated carbocycles. The predicted octanol–water partition coefficient (Wildman–Crippen LogP) is 3.12. The van der Waals surface area contributed by atoms with E-state index in [4.69, 9.17) is 15.7 Å². The molecule has 2 aromatic carbocycles. The molecule has 0 bridgehead atoms. The molecule has 98 valence electrons. The topological polar surface area (TPSA) is 67.8 Å². The van der Waals surface area contributed by atoms with Crippen LogP contribution in [-0.2, 0) is 6.61 Å². The highest BCUT2D eigenvalue weighted by Crippen LogP contribution is 2.20. The van der Waals surface area contributed by atoms with E-state index in [-0.39, 0.29) is 5.84 Å². The fraction of sp³-hybridized carbons (Fsp3) is 0.0714. The monoisotopic (exact) mass is 320 g/mol. The zero-order valence-corrected chi connectivity index (χ0v) is 11.7. The maximum atomic E-state index is 8.74. The minimum Gasteiger partial charge on any atom is -0.488 e. The quantitative estimate of drug-likeness (QED) is 0.393. The van der Waals surface area contributed by atoms with E-state index < -0.39 is 0 Å². The molecule has 0 aliphatic heterocycles. The van der Waals surface area contributed by atoms with Crippen LogP contribution in [0.1, 0.15) is 11.1 Å².